The zero-order valence-electron chi connectivity index (χ0n) is 57.2. The van der Waals surface area contributed by atoms with E-state index in [1.165, 1.54) is 36.7 Å². The van der Waals surface area contributed by atoms with Crippen LogP contribution in [0.5, 0.6) is 34.5 Å². The average molecular weight is 1370 g/mol. The monoisotopic (exact) mass is 1370 g/mol. The number of aromatic nitrogens is 8. The molecule has 1 unspecified atom stereocenters. The number of nitriles is 2. The molecule has 10 aromatic rings. The van der Waals surface area contributed by atoms with Crippen LogP contribution in [-0.2, 0) is 22.6 Å². The number of carboxylic acids is 1. The van der Waals surface area contributed by atoms with Crippen molar-refractivity contribution in [3.63, 3.8) is 0 Å². The smallest absolute Gasteiger partial charge is 0.410 e. The Bertz CT molecular complexity index is 4630. The highest BCUT2D eigenvalue weighted by Crippen LogP contribution is 2.38. The number of carbonyl (C=O) groups excluding carboxylic acids is 3. The summed E-state index contributed by atoms with van der Waals surface area (Å²) in [5.41, 5.74) is 8.86. The second-order valence-electron chi connectivity index (χ2n) is 25.7. The summed E-state index contributed by atoms with van der Waals surface area (Å²) in [6.07, 6.45) is 8.94. The van der Waals surface area contributed by atoms with E-state index in [0.717, 1.165) is 48.3 Å². The van der Waals surface area contributed by atoms with Crippen LogP contribution in [0.1, 0.15) is 110 Å². The van der Waals surface area contributed by atoms with Crippen LogP contribution in [0.4, 0.5) is 32.9 Å². The molecule has 6 aromatic heterocycles. The zero-order valence-corrected chi connectivity index (χ0v) is 57.2. The van der Waals surface area contributed by atoms with Gasteiger partial charge in [0.25, 0.3) is 5.91 Å². The van der Waals surface area contributed by atoms with Crippen molar-refractivity contribution in [2.24, 2.45) is 0 Å². The Morgan fingerprint density at radius 3 is 1.38 bits per heavy atom. The molecule has 3 amide bonds. The van der Waals surface area contributed by atoms with Crippen molar-refractivity contribution in [2.45, 2.75) is 104 Å². The Balaban J connectivity index is 0.000000196. The number of nitrogens with zero attached hydrogens (tertiary/aromatic N) is 12. The molecule has 2 saturated heterocycles. The first-order valence-corrected chi connectivity index (χ1v) is 32.5. The topological polar surface area (TPSA) is 347 Å². The zero-order chi connectivity index (χ0) is 71.8. The highest BCUT2D eigenvalue weighted by atomic mass is 16.6. The summed E-state index contributed by atoms with van der Waals surface area (Å²) < 4.78 is 38.1. The molecule has 27 nitrogen and oxygen atoms in total. The second-order valence-corrected chi connectivity index (χ2v) is 25.7. The molecule has 101 heavy (non-hydrogen) atoms. The third-order valence-corrected chi connectivity index (χ3v) is 15.7. The minimum absolute atomic E-state index is 0.0679. The van der Waals surface area contributed by atoms with Crippen molar-refractivity contribution in [1.29, 1.82) is 10.5 Å². The molecule has 4 aromatic carbocycles. The maximum atomic E-state index is 12.9. The first-order valence-electron chi connectivity index (χ1n) is 32.5. The number of hydrogen-bond acceptors (Lipinski definition) is 21. The minimum atomic E-state index is -1.01. The summed E-state index contributed by atoms with van der Waals surface area (Å²) in [6.45, 7) is 14.2. The third-order valence-electron chi connectivity index (χ3n) is 15.7. The number of rotatable bonds is 17. The number of ether oxygens (including phenoxy) is 6. The molecule has 2 fully saturated rings. The molecule has 27 heteroatoms. The summed E-state index contributed by atoms with van der Waals surface area (Å²) in [5, 5.41) is 47.8. The van der Waals surface area contributed by atoms with Crippen LogP contribution in [0.3, 0.4) is 0 Å². The van der Waals surface area contributed by atoms with E-state index in [-0.39, 0.29) is 41.6 Å². The number of nitrogen functional groups attached to an aromatic ring is 1. The lowest BCUT2D eigenvalue weighted by Crippen LogP contribution is -2.47. The van der Waals surface area contributed by atoms with E-state index in [9.17, 15) is 24.3 Å². The average Bonchev–Trinajstić information content (AvgIpc) is 1.64. The van der Waals surface area contributed by atoms with Gasteiger partial charge in [-0.1, -0.05) is 24.3 Å². The van der Waals surface area contributed by atoms with Crippen LogP contribution >= 0.6 is 0 Å². The number of carbonyl (C=O) groups is 4. The van der Waals surface area contributed by atoms with E-state index in [2.05, 4.69) is 30.9 Å². The molecule has 0 bridgehead atoms. The number of aromatic carboxylic acids is 1. The molecule has 520 valence electrons. The van der Waals surface area contributed by atoms with Crippen LogP contribution in [0, 0.1) is 22.7 Å². The standard InChI is InChI=1S/C37H38N8O5.C31H35N5O6.C6H5N3/c1-37(2,3)50-36(47)44-19-5-6-27(23-44)41-33-32-30(16-18-40-34(32)45(43-33)22-24-7-11-28(48-4)12-8-24)49-29-13-9-26(10-14-29)35(46)42-31-20-25(21-38)15-17-39-31;1-31(2,3)42-30(39)35-17-5-6-22(19-35)33-27-26-25(41-24-13-9-21(10-14-24)29(37)38)15-16-32-28(26)36(34-27)18-20-7-11-23(40-4)12-8-20;7-4-5-1-2-9-6(8)3-5/h7-18,20,27H,5-6,19,22-23H2,1-4H3,(H,41,43)(H,39,42,46);7-16,22H,5-6,17-19H2,1-4H3,(H,33,34)(H,37,38);1-3H,(H2,8,9)/t27-;;/m1../s1. The Hall–Kier alpha value is -12.5. The summed E-state index contributed by atoms with van der Waals surface area (Å²) in [7, 11) is 3.26. The van der Waals surface area contributed by atoms with Gasteiger partial charge in [0.2, 0.25) is 0 Å². The Kier molecular flexibility index (Phi) is 22.7. The molecule has 2 atom stereocenters. The number of nitrogens with two attached hydrogens (primary N) is 1. The number of benzene rings is 4. The summed E-state index contributed by atoms with van der Waals surface area (Å²) >= 11 is 0. The van der Waals surface area contributed by atoms with Crippen molar-refractivity contribution in [3.05, 3.63) is 192 Å². The van der Waals surface area contributed by atoms with Gasteiger partial charge in [0.1, 0.15) is 68.1 Å². The minimum Gasteiger partial charge on any atom is -0.497 e. The summed E-state index contributed by atoms with van der Waals surface area (Å²) in [6, 6.07) is 42.0. The number of nitrogens with one attached hydrogen (secondary N) is 3. The molecule has 0 spiro atoms. The van der Waals surface area contributed by atoms with Gasteiger partial charge in [0.15, 0.2) is 22.9 Å². The fourth-order valence-corrected chi connectivity index (χ4v) is 11.0. The Labute approximate surface area is 583 Å². The predicted octanol–water partition coefficient (Wildman–Crippen LogP) is 12.9. The molecule has 8 heterocycles. The van der Waals surface area contributed by atoms with Gasteiger partial charge in [-0.3, -0.25) is 4.79 Å². The maximum Gasteiger partial charge on any atom is 0.410 e. The number of carboxylic acid groups (broad SMARTS) is 1. The molecule has 2 aliphatic heterocycles. The maximum absolute atomic E-state index is 12.9. The number of amides is 3. The van der Waals surface area contributed by atoms with Crippen molar-refractivity contribution < 1.29 is 52.7 Å². The van der Waals surface area contributed by atoms with E-state index in [1.54, 1.807) is 97.1 Å². The highest BCUT2D eigenvalue weighted by molar-refractivity contribution is 6.04. The molecule has 2 aliphatic rings. The predicted molar refractivity (Wildman–Crippen MR) is 378 cm³/mol. The van der Waals surface area contributed by atoms with Gasteiger partial charge in [-0.05, 0) is 175 Å². The van der Waals surface area contributed by atoms with Gasteiger partial charge < -0.3 is 65.0 Å². The summed E-state index contributed by atoms with van der Waals surface area (Å²) in [5.74, 6) is 4.00. The van der Waals surface area contributed by atoms with E-state index in [4.69, 9.17) is 59.9 Å². The second kappa shape index (κ2) is 32.2. The number of methoxy groups -OCH3 is 2. The van der Waals surface area contributed by atoms with Crippen LogP contribution in [0.25, 0.3) is 22.1 Å². The van der Waals surface area contributed by atoms with E-state index in [0.29, 0.717) is 118 Å². The van der Waals surface area contributed by atoms with Gasteiger partial charge in [0.05, 0.1) is 56.1 Å². The van der Waals surface area contributed by atoms with Crippen LogP contribution < -0.4 is 40.6 Å². The molecule has 0 radical (unpaired) electrons. The van der Waals surface area contributed by atoms with Crippen molar-refractivity contribution in [3.8, 4) is 46.6 Å². The molecular weight excluding hydrogens is 1290 g/mol. The van der Waals surface area contributed by atoms with E-state index >= 15 is 0 Å². The van der Waals surface area contributed by atoms with Crippen LogP contribution in [0.15, 0.2) is 158 Å². The Morgan fingerprint density at radius 1 is 0.554 bits per heavy atom. The lowest BCUT2D eigenvalue weighted by Gasteiger charge is -2.34. The molecule has 12 rings (SSSR count). The number of hydrogen-bond donors (Lipinski definition) is 5. The first kappa shape index (κ1) is 71.3. The van der Waals surface area contributed by atoms with Crippen molar-refractivity contribution in [1.82, 2.24) is 49.3 Å². The first-order chi connectivity index (χ1) is 48.5. The lowest BCUT2D eigenvalue weighted by molar-refractivity contribution is 0.0196. The van der Waals surface area contributed by atoms with Gasteiger partial charge in [-0.15, -0.1) is 0 Å². The quantitative estimate of drug-likeness (QED) is 0.0565. The SMILES string of the molecule is COc1ccc(Cn2nc(NC3CCCN(C(=O)OC(C)(C)C)C3)c3c(Oc4ccc(C(=O)O)cc4)ccnc32)cc1.COc1ccc(Cn2nc(N[C@@H]3CCCN(C(=O)OC(C)(C)C)C3)c3c(Oc4ccc(C(=O)Nc5cc(C#N)ccn5)cc4)ccnc32)cc1.N#Cc1ccnc(N)c1. The molecule has 0 aliphatic carbocycles. The molecule has 6 N–H and O–H groups in total. The van der Waals surface area contributed by atoms with E-state index < -0.39 is 17.2 Å². The Morgan fingerprint density at radius 2 is 0.970 bits per heavy atom. The largest absolute Gasteiger partial charge is 0.497 e. The number of piperidine rings is 2. The highest BCUT2D eigenvalue weighted by Gasteiger charge is 2.32. The lowest BCUT2D eigenvalue weighted by atomic mass is 10.1. The number of pyridine rings is 4. The number of anilines is 4. The van der Waals surface area contributed by atoms with Gasteiger partial charge in [-0.2, -0.15) is 20.7 Å². The van der Waals surface area contributed by atoms with Crippen molar-refractivity contribution >= 4 is 69.4 Å². The fraction of sp³-hybridized carbons (Fsp3) is 0.297. The van der Waals surface area contributed by atoms with Gasteiger partial charge in [0, 0.05) is 80.7 Å². The third kappa shape index (κ3) is 19.4. The van der Waals surface area contributed by atoms with Crippen LogP contribution in [0.2, 0.25) is 0 Å². The fourth-order valence-electron chi connectivity index (χ4n) is 11.0. The molecule has 0 saturated carbocycles. The molecular formula is C74H78N16O11. The normalized spacial score (nSPS) is 14.3. The van der Waals surface area contributed by atoms with Gasteiger partial charge in [-0.25, -0.2) is 43.7 Å². The summed E-state index contributed by atoms with van der Waals surface area (Å²) in [4.78, 5) is 70.5. The number of fused-ring (bicyclic) bond motifs is 2. The number of likely N-dealkylation sites (tertiary alicyclic amines) is 2. The van der Waals surface area contributed by atoms with E-state index in [1.807, 2.05) is 112 Å². The van der Waals surface area contributed by atoms with Gasteiger partial charge >= 0.3 is 18.2 Å². The van der Waals surface area contributed by atoms with Crippen LogP contribution in [-0.4, -0.2) is 142 Å². The van der Waals surface area contributed by atoms with Crippen molar-refractivity contribution in [2.75, 3.05) is 62.1 Å².